The van der Waals surface area contributed by atoms with Crippen molar-refractivity contribution in [3.63, 3.8) is 0 Å². The molecule has 0 spiro atoms. The van der Waals surface area contributed by atoms with E-state index in [9.17, 15) is 0 Å². The van der Waals surface area contributed by atoms with Crippen LogP contribution in [0.1, 0.15) is 56.7 Å². The van der Waals surface area contributed by atoms with Crippen LogP contribution >= 0.6 is 11.3 Å². The van der Waals surface area contributed by atoms with E-state index in [2.05, 4.69) is 36.8 Å². The van der Waals surface area contributed by atoms with Crippen LogP contribution in [0.25, 0.3) is 0 Å². The average Bonchev–Trinajstić information content (AvgIpc) is 2.88. The topological polar surface area (TPSA) is 37.0 Å². The summed E-state index contributed by atoms with van der Waals surface area (Å²) in [5, 5.41) is 10.7. The van der Waals surface area contributed by atoms with Crippen molar-refractivity contribution in [1.82, 2.24) is 15.6 Å². The summed E-state index contributed by atoms with van der Waals surface area (Å²) in [5.74, 6) is 0.528. The molecule has 0 aliphatic carbocycles. The fraction of sp³-hybridized carbons (Fsp3) is 0.786. The molecule has 4 heteroatoms. The van der Waals surface area contributed by atoms with Crippen molar-refractivity contribution in [2.24, 2.45) is 0 Å². The van der Waals surface area contributed by atoms with Gasteiger partial charge in [-0.05, 0) is 44.8 Å². The Morgan fingerprint density at radius 1 is 1.44 bits per heavy atom. The molecule has 1 aliphatic heterocycles. The van der Waals surface area contributed by atoms with Gasteiger partial charge in [0.05, 0.1) is 11.2 Å². The third-order valence-electron chi connectivity index (χ3n) is 3.69. The summed E-state index contributed by atoms with van der Waals surface area (Å²) in [5.41, 5.74) is 1.37. The molecular weight excluding hydrogens is 242 g/mol. The normalized spacial score (nSPS) is 19.3. The van der Waals surface area contributed by atoms with Crippen LogP contribution in [-0.4, -0.2) is 24.6 Å². The van der Waals surface area contributed by atoms with E-state index in [1.807, 2.05) is 11.3 Å². The van der Waals surface area contributed by atoms with Crippen molar-refractivity contribution < 1.29 is 0 Å². The lowest BCUT2D eigenvalue weighted by atomic mass is 9.88. The highest BCUT2D eigenvalue weighted by atomic mass is 32.1. The van der Waals surface area contributed by atoms with Crippen LogP contribution in [-0.2, 0) is 5.54 Å². The third-order valence-corrected chi connectivity index (χ3v) is 4.76. The zero-order valence-corrected chi connectivity index (χ0v) is 12.6. The predicted octanol–water partition coefficient (Wildman–Crippen LogP) is 2.84. The molecule has 0 amide bonds. The smallest absolute Gasteiger partial charge is 0.113 e. The first kappa shape index (κ1) is 14.0. The Kier molecular flexibility index (Phi) is 4.76. The second kappa shape index (κ2) is 6.13. The van der Waals surface area contributed by atoms with E-state index in [1.54, 1.807) is 0 Å². The lowest BCUT2D eigenvalue weighted by Gasteiger charge is -2.37. The van der Waals surface area contributed by atoms with Gasteiger partial charge in [-0.1, -0.05) is 20.8 Å². The van der Waals surface area contributed by atoms with Crippen molar-refractivity contribution in [1.29, 1.82) is 0 Å². The molecule has 1 saturated heterocycles. The minimum atomic E-state index is 0.124. The van der Waals surface area contributed by atoms with Gasteiger partial charge in [-0.2, -0.15) is 0 Å². The lowest BCUT2D eigenvalue weighted by Crippen LogP contribution is -2.50. The van der Waals surface area contributed by atoms with Gasteiger partial charge in [0.25, 0.3) is 0 Å². The number of hydrogen-bond acceptors (Lipinski definition) is 4. The molecule has 1 aromatic rings. The summed E-state index contributed by atoms with van der Waals surface area (Å²) < 4.78 is 0. The van der Waals surface area contributed by atoms with E-state index in [1.165, 1.54) is 17.1 Å². The van der Waals surface area contributed by atoms with Crippen LogP contribution < -0.4 is 10.6 Å². The Labute approximate surface area is 114 Å². The number of rotatable bonds is 5. The molecule has 0 aromatic carbocycles. The van der Waals surface area contributed by atoms with E-state index in [-0.39, 0.29) is 5.54 Å². The maximum atomic E-state index is 4.89. The number of nitrogens with one attached hydrogen (secondary N) is 2. The average molecular weight is 267 g/mol. The number of nitrogens with zero attached hydrogens (tertiary/aromatic N) is 1. The molecule has 0 saturated carbocycles. The number of aromatic nitrogens is 1. The Bertz CT molecular complexity index is 367. The summed E-state index contributed by atoms with van der Waals surface area (Å²) in [6.07, 6.45) is 3.48. The van der Waals surface area contributed by atoms with Gasteiger partial charge in [-0.25, -0.2) is 4.98 Å². The van der Waals surface area contributed by atoms with Gasteiger partial charge in [0, 0.05) is 5.38 Å². The minimum Gasteiger partial charge on any atom is -0.317 e. The van der Waals surface area contributed by atoms with Crippen LogP contribution in [0, 0.1) is 0 Å². The lowest BCUT2D eigenvalue weighted by molar-refractivity contribution is 0.245. The zero-order chi connectivity index (χ0) is 13.0. The van der Waals surface area contributed by atoms with Crippen LogP contribution in [0.15, 0.2) is 5.38 Å². The number of piperidine rings is 1. The van der Waals surface area contributed by atoms with Crippen molar-refractivity contribution >= 4 is 11.3 Å². The quantitative estimate of drug-likeness (QED) is 0.861. The molecular formula is C14H25N3S. The van der Waals surface area contributed by atoms with Crippen molar-refractivity contribution in [2.75, 3.05) is 19.6 Å². The van der Waals surface area contributed by atoms with E-state index in [4.69, 9.17) is 4.98 Å². The standard InChI is InChI=1S/C14H25N3S/c1-4-7-16-14(5-8-15-9-6-14)13-17-12(10-18-13)11(2)3/h10-11,15-16H,4-9H2,1-3H3. The maximum Gasteiger partial charge on any atom is 0.113 e. The van der Waals surface area contributed by atoms with Gasteiger partial charge in [0.1, 0.15) is 5.01 Å². The molecule has 0 bridgehead atoms. The highest BCUT2D eigenvalue weighted by Crippen LogP contribution is 2.34. The molecule has 1 fully saturated rings. The maximum absolute atomic E-state index is 4.89. The Morgan fingerprint density at radius 2 is 2.17 bits per heavy atom. The second-order valence-corrected chi connectivity index (χ2v) is 6.35. The molecule has 18 heavy (non-hydrogen) atoms. The van der Waals surface area contributed by atoms with Crippen LogP contribution in [0.2, 0.25) is 0 Å². The van der Waals surface area contributed by atoms with E-state index < -0.39 is 0 Å². The van der Waals surface area contributed by atoms with Crippen molar-refractivity contribution in [3.8, 4) is 0 Å². The molecule has 2 rings (SSSR count). The summed E-state index contributed by atoms with van der Waals surface area (Å²) in [4.78, 5) is 4.89. The summed E-state index contributed by atoms with van der Waals surface area (Å²) >= 11 is 1.83. The molecule has 0 radical (unpaired) electrons. The van der Waals surface area contributed by atoms with E-state index in [0.717, 1.165) is 32.5 Å². The van der Waals surface area contributed by atoms with Crippen molar-refractivity contribution in [2.45, 2.75) is 51.5 Å². The first-order valence-electron chi connectivity index (χ1n) is 7.09. The second-order valence-electron chi connectivity index (χ2n) is 5.49. The van der Waals surface area contributed by atoms with Gasteiger partial charge in [0.15, 0.2) is 0 Å². The Morgan fingerprint density at radius 3 is 2.72 bits per heavy atom. The van der Waals surface area contributed by atoms with E-state index >= 15 is 0 Å². The van der Waals surface area contributed by atoms with Crippen LogP contribution in [0.5, 0.6) is 0 Å². The monoisotopic (exact) mass is 267 g/mol. The fourth-order valence-corrected chi connectivity index (χ4v) is 3.67. The molecule has 1 aliphatic rings. The largest absolute Gasteiger partial charge is 0.317 e. The zero-order valence-electron chi connectivity index (χ0n) is 11.8. The van der Waals surface area contributed by atoms with Gasteiger partial charge < -0.3 is 10.6 Å². The molecule has 0 atom stereocenters. The SMILES string of the molecule is CCCNC1(c2nc(C(C)C)cs2)CCNCC1. The highest BCUT2D eigenvalue weighted by Gasteiger charge is 2.35. The molecule has 3 nitrogen and oxygen atoms in total. The molecule has 1 aromatic heterocycles. The molecule has 0 unspecified atom stereocenters. The first-order chi connectivity index (χ1) is 8.68. The fourth-order valence-electron chi connectivity index (χ4n) is 2.46. The number of hydrogen-bond donors (Lipinski definition) is 2. The Balaban J connectivity index is 2.20. The first-order valence-corrected chi connectivity index (χ1v) is 7.97. The predicted molar refractivity (Wildman–Crippen MR) is 78.3 cm³/mol. The summed E-state index contributed by atoms with van der Waals surface area (Å²) in [6, 6.07) is 0. The van der Waals surface area contributed by atoms with Crippen LogP contribution in [0.3, 0.4) is 0 Å². The van der Waals surface area contributed by atoms with Gasteiger partial charge >= 0.3 is 0 Å². The molecule has 102 valence electrons. The summed E-state index contributed by atoms with van der Waals surface area (Å²) in [6.45, 7) is 9.92. The highest BCUT2D eigenvalue weighted by molar-refractivity contribution is 7.09. The van der Waals surface area contributed by atoms with Gasteiger partial charge in [-0.3, -0.25) is 0 Å². The van der Waals surface area contributed by atoms with Gasteiger partial charge in [0.2, 0.25) is 0 Å². The number of thiazole rings is 1. The third kappa shape index (κ3) is 2.92. The molecule has 2 N–H and O–H groups in total. The van der Waals surface area contributed by atoms with E-state index in [0.29, 0.717) is 5.92 Å². The van der Waals surface area contributed by atoms with Crippen LogP contribution in [0.4, 0.5) is 0 Å². The summed E-state index contributed by atoms with van der Waals surface area (Å²) in [7, 11) is 0. The Hall–Kier alpha value is -0.450. The van der Waals surface area contributed by atoms with Gasteiger partial charge in [-0.15, -0.1) is 11.3 Å². The molecule has 2 heterocycles. The van der Waals surface area contributed by atoms with Crippen molar-refractivity contribution in [3.05, 3.63) is 16.1 Å². The minimum absolute atomic E-state index is 0.124.